The number of carbonyl (C=O) groups excluding carboxylic acids is 2. The zero-order valence-corrected chi connectivity index (χ0v) is 13.1. The highest BCUT2D eigenvalue weighted by Gasteiger charge is 2.19. The number of methoxy groups -OCH3 is 1. The van der Waals surface area contributed by atoms with Crippen molar-refractivity contribution in [3.63, 3.8) is 0 Å². The minimum absolute atomic E-state index is 0.171. The van der Waals surface area contributed by atoms with Gasteiger partial charge in [-0.15, -0.1) is 0 Å². The fourth-order valence-electron chi connectivity index (χ4n) is 1.92. The van der Waals surface area contributed by atoms with E-state index in [-0.39, 0.29) is 11.1 Å². The normalized spacial score (nSPS) is 10.0. The van der Waals surface area contributed by atoms with Gasteiger partial charge in [0.2, 0.25) is 0 Å². The van der Waals surface area contributed by atoms with Crippen LogP contribution in [0.5, 0.6) is 11.5 Å². The summed E-state index contributed by atoms with van der Waals surface area (Å²) in [5.74, 6) is -0.116. The van der Waals surface area contributed by atoms with E-state index in [1.165, 1.54) is 6.07 Å². The van der Waals surface area contributed by atoms with Gasteiger partial charge in [0.15, 0.2) is 0 Å². The first kappa shape index (κ1) is 16.5. The summed E-state index contributed by atoms with van der Waals surface area (Å²) in [6.45, 7) is 2.21. The Balaban J connectivity index is 2.16. The maximum absolute atomic E-state index is 12.3. The summed E-state index contributed by atoms with van der Waals surface area (Å²) >= 11 is 0. The quantitative estimate of drug-likeness (QED) is 0.603. The molecule has 23 heavy (non-hydrogen) atoms. The van der Waals surface area contributed by atoms with Crippen molar-refractivity contribution in [1.29, 1.82) is 0 Å². The second kappa shape index (κ2) is 7.98. The van der Waals surface area contributed by atoms with Crippen LogP contribution < -0.4 is 9.47 Å². The highest BCUT2D eigenvalue weighted by atomic mass is 16.5. The van der Waals surface area contributed by atoms with E-state index in [9.17, 15) is 9.59 Å². The molecule has 0 aliphatic heterocycles. The molecule has 0 saturated heterocycles. The fourth-order valence-corrected chi connectivity index (χ4v) is 1.92. The Bertz CT molecular complexity index is 676. The lowest BCUT2D eigenvalue weighted by Crippen LogP contribution is -2.16. The van der Waals surface area contributed by atoms with Crippen molar-refractivity contribution >= 4 is 11.9 Å². The summed E-state index contributed by atoms with van der Waals surface area (Å²) in [7, 11) is 1.55. The first-order valence-electron chi connectivity index (χ1n) is 7.28. The Labute approximate surface area is 134 Å². The first-order chi connectivity index (χ1) is 11.2. The average Bonchev–Trinajstić information content (AvgIpc) is 2.60. The summed E-state index contributed by atoms with van der Waals surface area (Å²) in [6, 6.07) is 13.0. The highest BCUT2D eigenvalue weighted by Crippen LogP contribution is 2.19. The van der Waals surface area contributed by atoms with Gasteiger partial charge in [0.05, 0.1) is 24.8 Å². The van der Waals surface area contributed by atoms with Crippen LogP contribution in [0.15, 0.2) is 48.5 Å². The van der Waals surface area contributed by atoms with Gasteiger partial charge in [-0.2, -0.15) is 0 Å². The molecule has 2 aromatic rings. The zero-order valence-electron chi connectivity index (χ0n) is 13.1. The van der Waals surface area contributed by atoms with Gasteiger partial charge >= 0.3 is 11.9 Å². The Morgan fingerprint density at radius 2 is 1.43 bits per heavy atom. The van der Waals surface area contributed by atoms with Gasteiger partial charge in [-0.05, 0) is 42.8 Å². The maximum Gasteiger partial charge on any atom is 0.344 e. The molecule has 0 aliphatic carbocycles. The standard InChI is InChI=1S/C18H18O5/c1-3-12-22-17(19)15-6-4-5-7-16(15)18(20)23-14-10-8-13(21-2)9-11-14/h4-11H,3,12H2,1-2H3. The summed E-state index contributed by atoms with van der Waals surface area (Å²) < 4.78 is 15.4. The fraction of sp³-hybridized carbons (Fsp3) is 0.222. The molecule has 2 rings (SSSR count). The maximum atomic E-state index is 12.3. The minimum Gasteiger partial charge on any atom is -0.497 e. The second-order valence-electron chi connectivity index (χ2n) is 4.75. The molecular weight excluding hydrogens is 296 g/mol. The van der Waals surface area contributed by atoms with E-state index in [4.69, 9.17) is 14.2 Å². The van der Waals surface area contributed by atoms with Crippen molar-refractivity contribution in [2.24, 2.45) is 0 Å². The molecule has 0 aliphatic rings. The van der Waals surface area contributed by atoms with Crippen molar-refractivity contribution in [1.82, 2.24) is 0 Å². The van der Waals surface area contributed by atoms with E-state index in [1.54, 1.807) is 49.6 Å². The Morgan fingerprint density at radius 1 is 0.870 bits per heavy atom. The van der Waals surface area contributed by atoms with Crippen molar-refractivity contribution in [3.05, 3.63) is 59.7 Å². The average molecular weight is 314 g/mol. The van der Waals surface area contributed by atoms with Crippen LogP contribution in [-0.2, 0) is 4.74 Å². The zero-order chi connectivity index (χ0) is 16.7. The molecule has 0 amide bonds. The molecule has 0 N–H and O–H groups in total. The molecule has 0 unspecified atom stereocenters. The molecule has 0 radical (unpaired) electrons. The van der Waals surface area contributed by atoms with E-state index in [0.717, 1.165) is 0 Å². The third-order valence-electron chi connectivity index (χ3n) is 3.07. The summed E-state index contributed by atoms with van der Waals surface area (Å²) in [5.41, 5.74) is 0.365. The van der Waals surface area contributed by atoms with Crippen molar-refractivity contribution in [2.45, 2.75) is 13.3 Å². The van der Waals surface area contributed by atoms with Crippen LogP contribution in [0.2, 0.25) is 0 Å². The largest absolute Gasteiger partial charge is 0.497 e. The number of ether oxygens (including phenoxy) is 3. The molecule has 0 fully saturated rings. The molecule has 120 valence electrons. The Morgan fingerprint density at radius 3 is 2.00 bits per heavy atom. The van der Waals surface area contributed by atoms with E-state index in [0.29, 0.717) is 24.5 Å². The molecule has 5 nitrogen and oxygen atoms in total. The van der Waals surface area contributed by atoms with Gasteiger partial charge in [-0.3, -0.25) is 0 Å². The Hall–Kier alpha value is -2.82. The van der Waals surface area contributed by atoms with Crippen LogP contribution in [0.1, 0.15) is 34.1 Å². The number of esters is 2. The van der Waals surface area contributed by atoms with Crippen molar-refractivity contribution < 1.29 is 23.8 Å². The van der Waals surface area contributed by atoms with Gasteiger partial charge in [-0.25, -0.2) is 9.59 Å². The smallest absolute Gasteiger partial charge is 0.344 e. The lowest BCUT2D eigenvalue weighted by molar-refractivity contribution is 0.0496. The highest BCUT2D eigenvalue weighted by molar-refractivity contribution is 6.03. The van der Waals surface area contributed by atoms with Crippen LogP contribution in [-0.4, -0.2) is 25.7 Å². The van der Waals surface area contributed by atoms with Gasteiger partial charge in [-0.1, -0.05) is 19.1 Å². The van der Waals surface area contributed by atoms with Gasteiger partial charge in [0.1, 0.15) is 11.5 Å². The SMILES string of the molecule is CCCOC(=O)c1ccccc1C(=O)Oc1ccc(OC)cc1. The van der Waals surface area contributed by atoms with Crippen molar-refractivity contribution in [2.75, 3.05) is 13.7 Å². The Kier molecular flexibility index (Phi) is 5.74. The third-order valence-corrected chi connectivity index (χ3v) is 3.07. The molecule has 0 heterocycles. The van der Waals surface area contributed by atoms with Crippen LogP contribution in [0.3, 0.4) is 0 Å². The number of benzene rings is 2. The molecule has 2 aromatic carbocycles. The van der Waals surface area contributed by atoms with E-state index >= 15 is 0 Å². The molecule has 0 atom stereocenters. The second-order valence-corrected chi connectivity index (χ2v) is 4.75. The number of rotatable bonds is 6. The number of hydrogen-bond acceptors (Lipinski definition) is 5. The van der Waals surface area contributed by atoms with Gasteiger partial charge in [0.25, 0.3) is 0 Å². The monoisotopic (exact) mass is 314 g/mol. The summed E-state index contributed by atoms with van der Waals surface area (Å²) in [6.07, 6.45) is 0.713. The first-order valence-corrected chi connectivity index (χ1v) is 7.28. The molecular formula is C18H18O5. The van der Waals surface area contributed by atoms with Gasteiger partial charge in [0, 0.05) is 0 Å². The van der Waals surface area contributed by atoms with E-state index in [1.807, 2.05) is 6.92 Å². The van der Waals surface area contributed by atoms with E-state index in [2.05, 4.69) is 0 Å². The molecule has 0 aromatic heterocycles. The summed E-state index contributed by atoms with van der Waals surface area (Å²) in [4.78, 5) is 24.3. The molecule has 0 saturated carbocycles. The summed E-state index contributed by atoms with van der Waals surface area (Å²) in [5, 5.41) is 0. The van der Waals surface area contributed by atoms with Crippen LogP contribution >= 0.6 is 0 Å². The molecule has 0 spiro atoms. The number of hydrogen-bond donors (Lipinski definition) is 0. The van der Waals surface area contributed by atoms with Crippen LogP contribution in [0, 0.1) is 0 Å². The topological polar surface area (TPSA) is 61.8 Å². The minimum atomic E-state index is -0.612. The van der Waals surface area contributed by atoms with Crippen LogP contribution in [0.4, 0.5) is 0 Å². The van der Waals surface area contributed by atoms with E-state index < -0.39 is 11.9 Å². The van der Waals surface area contributed by atoms with Gasteiger partial charge < -0.3 is 14.2 Å². The molecule has 0 bridgehead atoms. The lowest BCUT2D eigenvalue weighted by atomic mass is 10.1. The predicted octanol–water partition coefficient (Wildman–Crippen LogP) is 3.48. The molecule has 5 heteroatoms. The lowest BCUT2D eigenvalue weighted by Gasteiger charge is -2.09. The van der Waals surface area contributed by atoms with Crippen molar-refractivity contribution in [3.8, 4) is 11.5 Å². The van der Waals surface area contributed by atoms with Crippen LogP contribution in [0.25, 0.3) is 0 Å². The number of carbonyl (C=O) groups is 2. The predicted molar refractivity (Wildman–Crippen MR) is 85.0 cm³/mol. The third kappa shape index (κ3) is 4.32.